The first-order valence-corrected chi connectivity index (χ1v) is 10.0. The quantitative estimate of drug-likeness (QED) is 0.756. The van der Waals surface area contributed by atoms with Gasteiger partial charge < -0.3 is 15.3 Å². The number of rotatable bonds is 4. The fourth-order valence-electron chi connectivity index (χ4n) is 4.87. The smallest absolute Gasteiger partial charge is 0.123 e. The van der Waals surface area contributed by atoms with Crippen LogP contribution in [0.5, 0.6) is 0 Å². The largest absolute Gasteiger partial charge is 0.378 e. The van der Waals surface area contributed by atoms with E-state index in [-0.39, 0.29) is 17.5 Å². The molecule has 26 heavy (non-hydrogen) atoms. The molecule has 1 aromatic carbocycles. The highest BCUT2D eigenvalue weighted by atomic mass is 19.1. The molecule has 3 aliphatic rings. The highest BCUT2D eigenvalue weighted by Crippen LogP contribution is 2.41. The van der Waals surface area contributed by atoms with Crippen LogP contribution in [0.1, 0.15) is 25.7 Å². The summed E-state index contributed by atoms with van der Waals surface area (Å²) in [5.41, 5.74) is 1.21. The Bertz CT molecular complexity index is 582. The first-order valence-electron chi connectivity index (χ1n) is 10.0. The van der Waals surface area contributed by atoms with Crippen molar-refractivity contribution >= 4 is 5.69 Å². The maximum atomic E-state index is 13.1. The van der Waals surface area contributed by atoms with Crippen LogP contribution in [0, 0.1) is 11.2 Å². The van der Waals surface area contributed by atoms with Crippen molar-refractivity contribution in [2.24, 2.45) is 5.41 Å². The van der Waals surface area contributed by atoms with Crippen molar-refractivity contribution in [3.05, 3.63) is 30.1 Å². The average molecular weight is 362 g/mol. The van der Waals surface area contributed by atoms with Gasteiger partial charge >= 0.3 is 0 Å². The molecule has 6 heteroatoms. The maximum Gasteiger partial charge on any atom is 0.123 e. The summed E-state index contributed by atoms with van der Waals surface area (Å²) in [7, 11) is 0. The Morgan fingerprint density at radius 2 is 1.77 bits per heavy atom. The van der Waals surface area contributed by atoms with E-state index in [1.54, 1.807) is 0 Å². The Morgan fingerprint density at radius 3 is 2.46 bits per heavy atom. The van der Waals surface area contributed by atoms with Crippen LogP contribution in [-0.2, 0) is 0 Å². The Morgan fingerprint density at radius 1 is 1.08 bits per heavy atom. The van der Waals surface area contributed by atoms with Crippen LogP contribution in [0.15, 0.2) is 24.3 Å². The molecule has 3 aliphatic heterocycles. The molecule has 5 nitrogen and oxygen atoms in total. The lowest BCUT2D eigenvalue weighted by molar-refractivity contribution is 0.0152. The van der Waals surface area contributed by atoms with Crippen LogP contribution >= 0.6 is 0 Å². The molecule has 3 N–H and O–H groups in total. The first-order chi connectivity index (χ1) is 12.6. The lowest BCUT2D eigenvalue weighted by Gasteiger charge is -2.37. The number of aliphatic hydroxyl groups is 1. The minimum Gasteiger partial charge on any atom is -0.378 e. The molecular formula is C20H31FN4O. The fraction of sp³-hybridized carbons (Fsp3) is 0.700. The Labute approximate surface area is 155 Å². The molecule has 4 rings (SSSR count). The second-order valence-electron chi connectivity index (χ2n) is 8.18. The number of benzene rings is 1. The van der Waals surface area contributed by atoms with Crippen molar-refractivity contribution in [1.82, 2.24) is 15.5 Å². The molecule has 3 fully saturated rings. The number of hydrogen-bond donors (Lipinski definition) is 3. The zero-order valence-electron chi connectivity index (χ0n) is 15.5. The third-order valence-electron chi connectivity index (χ3n) is 6.58. The number of aliphatic hydroxyl groups excluding tert-OH is 1. The van der Waals surface area contributed by atoms with Crippen molar-refractivity contribution in [2.45, 2.75) is 38.0 Å². The van der Waals surface area contributed by atoms with Crippen molar-refractivity contribution in [3.8, 4) is 0 Å². The normalized spacial score (nSPS) is 29.4. The molecule has 0 aromatic heterocycles. The summed E-state index contributed by atoms with van der Waals surface area (Å²) in [5.74, 6) is -0.176. The van der Waals surface area contributed by atoms with E-state index in [9.17, 15) is 9.50 Å². The molecule has 3 heterocycles. The van der Waals surface area contributed by atoms with E-state index < -0.39 is 0 Å². The van der Waals surface area contributed by atoms with Gasteiger partial charge in [0.1, 0.15) is 12.0 Å². The maximum absolute atomic E-state index is 13.1. The van der Waals surface area contributed by atoms with Gasteiger partial charge in [-0.1, -0.05) is 0 Å². The Hall–Kier alpha value is -1.21. The Balaban J connectivity index is 1.22. The molecule has 1 spiro atoms. The second kappa shape index (κ2) is 7.80. The van der Waals surface area contributed by atoms with Gasteiger partial charge in [-0.3, -0.25) is 10.2 Å². The monoisotopic (exact) mass is 362 g/mol. The zero-order valence-corrected chi connectivity index (χ0v) is 15.5. The molecule has 0 aliphatic carbocycles. The van der Waals surface area contributed by atoms with E-state index >= 15 is 0 Å². The standard InChI is InChI=1S/C20H31FN4O/c21-16-1-3-18(4-2-16)25-13-11-24(12-14-25)10-5-17-15-20(19(26)23-17)6-8-22-9-7-20/h1-4,17,19,22-23,26H,5-15H2/t17-,19?/m0/s1. The summed E-state index contributed by atoms with van der Waals surface area (Å²) < 4.78 is 13.1. The van der Waals surface area contributed by atoms with Crippen LogP contribution in [0.3, 0.4) is 0 Å². The predicted molar refractivity (Wildman–Crippen MR) is 102 cm³/mol. The fourth-order valence-corrected chi connectivity index (χ4v) is 4.87. The van der Waals surface area contributed by atoms with Gasteiger partial charge in [-0.05, 0) is 69.6 Å². The number of piperidine rings is 1. The van der Waals surface area contributed by atoms with E-state index in [1.807, 2.05) is 12.1 Å². The highest BCUT2D eigenvalue weighted by Gasteiger charge is 2.46. The molecule has 0 amide bonds. The van der Waals surface area contributed by atoms with Crippen LogP contribution in [0.25, 0.3) is 0 Å². The third kappa shape index (κ3) is 3.88. The summed E-state index contributed by atoms with van der Waals surface area (Å²) in [4.78, 5) is 4.85. The van der Waals surface area contributed by atoms with Crippen LogP contribution < -0.4 is 15.5 Å². The van der Waals surface area contributed by atoms with Gasteiger partial charge in [-0.15, -0.1) is 0 Å². The summed E-state index contributed by atoms with van der Waals surface area (Å²) in [5, 5.41) is 17.4. The molecule has 0 saturated carbocycles. The van der Waals surface area contributed by atoms with Gasteiger partial charge in [0.15, 0.2) is 0 Å². The minimum atomic E-state index is -0.343. The van der Waals surface area contributed by atoms with E-state index in [4.69, 9.17) is 0 Å². The van der Waals surface area contributed by atoms with E-state index in [0.29, 0.717) is 6.04 Å². The number of nitrogens with zero attached hydrogens (tertiary/aromatic N) is 2. The number of piperazine rings is 1. The SMILES string of the molecule is OC1N[C@@H](CCN2CCN(c3ccc(F)cc3)CC2)CC12CCNCC2. The van der Waals surface area contributed by atoms with Gasteiger partial charge in [0.2, 0.25) is 0 Å². The number of nitrogens with one attached hydrogen (secondary N) is 2. The molecule has 3 saturated heterocycles. The van der Waals surface area contributed by atoms with Crippen molar-refractivity contribution in [1.29, 1.82) is 0 Å². The van der Waals surface area contributed by atoms with Crippen molar-refractivity contribution in [3.63, 3.8) is 0 Å². The van der Waals surface area contributed by atoms with Crippen LogP contribution in [0.2, 0.25) is 0 Å². The predicted octanol–water partition coefficient (Wildman–Crippen LogP) is 1.39. The molecule has 1 unspecified atom stereocenters. The topological polar surface area (TPSA) is 50.8 Å². The summed E-state index contributed by atoms with van der Waals surface area (Å²) in [6, 6.07) is 7.24. The minimum absolute atomic E-state index is 0.0944. The summed E-state index contributed by atoms with van der Waals surface area (Å²) in [6.45, 7) is 7.19. The molecule has 0 bridgehead atoms. The summed E-state index contributed by atoms with van der Waals surface area (Å²) >= 11 is 0. The highest BCUT2D eigenvalue weighted by molar-refractivity contribution is 5.46. The van der Waals surface area contributed by atoms with Gasteiger partial charge in [-0.2, -0.15) is 0 Å². The zero-order chi connectivity index (χ0) is 18.0. The van der Waals surface area contributed by atoms with Crippen molar-refractivity contribution < 1.29 is 9.50 Å². The van der Waals surface area contributed by atoms with Gasteiger partial charge in [0.05, 0.1) is 0 Å². The summed E-state index contributed by atoms with van der Waals surface area (Å²) in [6.07, 6.45) is 4.01. The molecule has 1 aromatic rings. The lowest BCUT2D eigenvalue weighted by Crippen LogP contribution is -2.47. The van der Waals surface area contributed by atoms with Gasteiger partial charge in [0, 0.05) is 43.3 Å². The Kier molecular flexibility index (Phi) is 5.45. The molecule has 0 radical (unpaired) electrons. The van der Waals surface area contributed by atoms with E-state index in [0.717, 1.165) is 77.2 Å². The second-order valence-corrected chi connectivity index (χ2v) is 8.18. The van der Waals surface area contributed by atoms with Crippen LogP contribution in [-0.4, -0.2) is 68.1 Å². The molecule has 144 valence electrons. The molecular weight excluding hydrogens is 331 g/mol. The third-order valence-corrected chi connectivity index (χ3v) is 6.58. The number of hydrogen-bond acceptors (Lipinski definition) is 5. The average Bonchev–Trinajstić information content (AvgIpc) is 2.97. The lowest BCUT2D eigenvalue weighted by atomic mass is 9.75. The van der Waals surface area contributed by atoms with E-state index in [1.165, 1.54) is 12.1 Å². The van der Waals surface area contributed by atoms with Crippen molar-refractivity contribution in [2.75, 3.05) is 50.7 Å². The van der Waals surface area contributed by atoms with Crippen LogP contribution in [0.4, 0.5) is 10.1 Å². The number of anilines is 1. The van der Waals surface area contributed by atoms with Gasteiger partial charge in [0.25, 0.3) is 0 Å². The van der Waals surface area contributed by atoms with E-state index in [2.05, 4.69) is 20.4 Å². The first kappa shape index (κ1) is 18.2. The van der Waals surface area contributed by atoms with Gasteiger partial charge in [-0.25, -0.2) is 4.39 Å². The molecule has 2 atom stereocenters. The number of halogens is 1.